The lowest BCUT2D eigenvalue weighted by atomic mass is 9.73. The normalized spacial score (nSPS) is 23.3. The molecule has 0 spiro atoms. The van der Waals surface area contributed by atoms with Gasteiger partial charge in [0.05, 0.1) is 5.56 Å². The predicted octanol–water partition coefficient (Wildman–Crippen LogP) is 4.02. The van der Waals surface area contributed by atoms with Crippen molar-refractivity contribution in [3.8, 4) is 0 Å². The van der Waals surface area contributed by atoms with Gasteiger partial charge in [-0.05, 0) is 73.9 Å². The van der Waals surface area contributed by atoms with Crippen molar-refractivity contribution in [3.63, 3.8) is 0 Å². The highest BCUT2D eigenvalue weighted by molar-refractivity contribution is 7.77. The topological polar surface area (TPSA) is 64.2 Å². The molecule has 4 nitrogen and oxygen atoms in total. The first-order chi connectivity index (χ1) is 14.7. The van der Waals surface area contributed by atoms with E-state index in [4.69, 9.17) is 0 Å². The third kappa shape index (κ3) is 4.87. The van der Waals surface area contributed by atoms with E-state index in [2.05, 4.69) is 22.2 Å². The zero-order chi connectivity index (χ0) is 22.2. The molecular weight excluding hydrogens is 425 g/mol. The highest BCUT2D eigenvalue weighted by Crippen LogP contribution is 2.40. The summed E-state index contributed by atoms with van der Waals surface area (Å²) in [5, 5.41) is 3.33. The van der Waals surface area contributed by atoms with Gasteiger partial charge in [-0.25, -0.2) is 4.72 Å². The minimum Gasteiger partial charge on any atom is -0.760 e. The maximum atomic E-state index is 13.1. The molecule has 8 heteroatoms. The number of hydrogen-bond acceptors (Lipinski definition) is 3. The summed E-state index contributed by atoms with van der Waals surface area (Å²) in [4.78, 5) is 0. The first-order valence-electron chi connectivity index (χ1n) is 10.5. The summed E-state index contributed by atoms with van der Waals surface area (Å²) in [5.41, 5.74) is 3.02. The lowest BCUT2D eigenvalue weighted by Gasteiger charge is -2.43. The van der Waals surface area contributed by atoms with Crippen molar-refractivity contribution in [3.05, 3.63) is 70.3 Å². The molecule has 0 aromatic heterocycles. The van der Waals surface area contributed by atoms with Crippen LogP contribution in [-0.2, 0) is 36.7 Å². The number of benzene rings is 2. The predicted molar refractivity (Wildman–Crippen MR) is 113 cm³/mol. The van der Waals surface area contributed by atoms with Crippen LogP contribution in [-0.4, -0.2) is 27.4 Å². The maximum Gasteiger partial charge on any atom is 0.416 e. The van der Waals surface area contributed by atoms with E-state index in [0.29, 0.717) is 18.4 Å². The van der Waals surface area contributed by atoms with E-state index >= 15 is 0 Å². The molecular formula is C23H26F3N2O2S-. The van der Waals surface area contributed by atoms with Crippen molar-refractivity contribution < 1.29 is 21.9 Å². The summed E-state index contributed by atoms with van der Waals surface area (Å²) in [7, 11) is 1.88. The second-order valence-electron chi connectivity index (χ2n) is 8.79. The fourth-order valence-electron chi connectivity index (χ4n) is 5.05. The van der Waals surface area contributed by atoms with Crippen LogP contribution in [0, 0.1) is 0 Å². The van der Waals surface area contributed by atoms with E-state index in [0.717, 1.165) is 42.9 Å². The summed E-state index contributed by atoms with van der Waals surface area (Å²) in [5.74, 6) is 0.0578. The molecule has 1 fully saturated rings. The Hall–Kier alpha value is -1.74. The van der Waals surface area contributed by atoms with E-state index in [1.165, 1.54) is 17.7 Å². The van der Waals surface area contributed by atoms with Gasteiger partial charge in [-0.3, -0.25) is 4.21 Å². The summed E-state index contributed by atoms with van der Waals surface area (Å²) in [6, 6.07) is 12.0. The van der Waals surface area contributed by atoms with E-state index in [1.807, 2.05) is 13.1 Å². The van der Waals surface area contributed by atoms with Crippen LogP contribution in [0.15, 0.2) is 42.5 Å². The SMILES string of the molecule is CNC1Cc2ccc(CC3(NS(=O)[O-])CCC3)cc2C1Cc1cccc(C(F)(F)F)c1. The van der Waals surface area contributed by atoms with Gasteiger partial charge in [0.2, 0.25) is 0 Å². The molecule has 2 aromatic rings. The van der Waals surface area contributed by atoms with E-state index < -0.39 is 28.5 Å². The lowest BCUT2D eigenvalue weighted by Crippen LogP contribution is -2.53. The van der Waals surface area contributed by atoms with Gasteiger partial charge in [-0.2, -0.15) is 13.2 Å². The summed E-state index contributed by atoms with van der Waals surface area (Å²) >= 11 is -2.31. The Morgan fingerprint density at radius 3 is 2.55 bits per heavy atom. The number of alkyl halides is 3. The molecule has 0 amide bonds. The van der Waals surface area contributed by atoms with Gasteiger partial charge in [0.1, 0.15) is 0 Å². The molecule has 3 unspecified atom stereocenters. The largest absolute Gasteiger partial charge is 0.760 e. The third-order valence-corrected chi connectivity index (χ3v) is 7.37. The summed E-state index contributed by atoms with van der Waals surface area (Å²) in [6.45, 7) is 0. The van der Waals surface area contributed by atoms with Crippen LogP contribution in [0.3, 0.4) is 0 Å². The van der Waals surface area contributed by atoms with Gasteiger partial charge in [0.25, 0.3) is 0 Å². The molecule has 0 heterocycles. The molecule has 31 heavy (non-hydrogen) atoms. The zero-order valence-corrected chi connectivity index (χ0v) is 18.1. The van der Waals surface area contributed by atoms with Crippen LogP contribution in [0.4, 0.5) is 13.2 Å². The van der Waals surface area contributed by atoms with Crippen LogP contribution < -0.4 is 10.0 Å². The van der Waals surface area contributed by atoms with Gasteiger partial charge in [-0.1, -0.05) is 36.4 Å². The molecule has 0 saturated heterocycles. The first-order valence-corrected chi connectivity index (χ1v) is 11.6. The molecule has 2 aliphatic rings. The quantitative estimate of drug-likeness (QED) is 0.625. The number of likely N-dealkylation sites (N-methyl/N-ethyl adjacent to an activating group) is 1. The van der Waals surface area contributed by atoms with Crippen molar-refractivity contribution in [2.24, 2.45) is 0 Å². The minimum atomic E-state index is -4.36. The van der Waals surface area contributed by atoms with Crippen LogP contribution in [0.2, 0.25) is 0 Å². The monoisotopic (exact) mass is 451 g/mol. The van der Waals surface area contributed by atoms with Gasteiger partial charge < -0.3 is 9.87 Å². The van der Waals surface area contributed by atoms with Crippen LogP contribution in [0.1, 0.15) is 53.0 Å². The number of rotatable bonds is 7. The minimum absolute atomic E-state index is 0.0578. The molecule has 168 valence electrons. The Balaban J connectivity index is 1.59. The van der Waals surface area contributed by atoms with Crippen molar-refractivity contribution >= 4 is 11.3 Å². The van der Waals surface area contributed by atoms with Crippen molar-refractivity contribution in [2.45, 2.75) is 62.2 Å². The fourth-order valence-corrected chi connectivity index (χ4v) is 5.68. The van der Waals surface area contributed by atoms with Crippen LogP contribution in [0.25, 0.3) is 0 Å². The van der Waals surface area contributed by atoms with E-state index in [-0.39, 0.29) is 12.0 Å². The first kappa shape index (κ1) is 22.5. The Bertz CT molecular complexity index is 976. The van der Waals surface area contributed by atoms with Gasteiger partial charge in [0.15, 0.2) is 0 Å². The van der Waals surface area contributed by atoms with E-state index in [9.17, 15) is 21.9 Å². The van der Waals surface area contributed by atoms with Crippen molar-refractivity contribution in [1.29, 1.82) is 0 Å². The summed E-state index contributed by atoms with van der Waals surface area (Å²) < 4.78 is 64.6. The number of nitrogens with one attached hydrogen (secondary N) is 2. The smallest absolute Gasteiger partial charge is 0.416 e. The average molecular weight is 452 g/mol. The Labute approximate surface area is 183 Å². The standard InChI is InChI=1S/C23H27F3N2O2S/c1-27-21-13-17-7-6-16(14-22(8-3-9-22)28-31(29)30)12-19(17)20(21)11-15-4-2-5-18(10-15)23(24,25)26/h2,4-7,10,12,20-21,27-28H,3,8-9,11,13-14H2,1H3,(H,29,30)/p-1. The molecule has 2 aromatic carbocycles. The lowest BCUT2D eigenvalue weighted by molar-refractivity contribution is -0.137. The highest BCUT2D eigenvalue weighted by Gasteiger charge is 2.38. The van der Waals surface area contributed by atoms with Crippen molar-refractivity contribution in [2.75, 3.05) is 7.05 Å². The van der Waals surface area contributed by atoms with Crippen LogP contribution >= 0.6 is 0 Å². The molecule has 3 atom stereocenters. The molecule has 4 rings (SSSR count). The van der Waals surface area contributed by atoms with Crippen LogP contribution in [0.5, 0.6) is 0 Å². The number of hydrogen-bond donors (Lipinski definition) is 2. The molecule has 0 radical (unpaired) electrons. The van der Waals surface area contributed by atoms with Gasteiger partial charge in [0, 0.05) is 28.8 Å². The van der Waals surface area contributed by atoms with Gasteiger partial charge >= 0.3 is 6.18 Å². The van der Waals surface area contributed by atoms with Gasteiger partial charge in [-0.15, -0.1) is 0 Å². The molecule has 0 bridgehead atoms. The van der Waals surface area contributed by atoms with Crippen molar-refractivity contribution in [1.82, 2.24) is 10.0 Å². The second-order valence-corrected chi connectivity index (χ2v) is 9.46. The number of halogens is 3. The average Bonchev–Trinajstić information content (AvgIpc) is 3.02. The molecule has 2 aliphatic carbocycles. The van der Waals surface area contributed by atoms with E-state index in [1.54, 1.807) is 6.07 Å². The Kier molecular flexibility index (Phi) is 6.27. The summed E-state index contributed by atoms with van der Waals surface area (Å²) in [6.07, 6.45) is 0.216. The zero-order valence-electron chi connectivity index (χ0n) is 17.3. The number of fused-ring (bicyclic) bond motifs is 1. The molecule has 1 saturated carbocycles. The molecule has 2 N–H and O–H groups in total. The maximum absolute atomic E-state index is 13.1. The highest BCUT2D eigenvalue weighted by atomic mass is 32.2. The second kappa shape index (κ2) is 8.65. The fraction of sp³-hybridized carbons (Fsp3) is 0.478. The Morgan fingerprint density at radius 2 is 1.94 bits per heavy atom. The third-order valence-electron chi connectivity index (χ3n) is 6.77. The molecule has 0 aliphatic heterocycles. The Morgan fingerprint density at radius 1 is 1.16 bits per heavy atom.